The van der Waals surface area contributed by atoms with E-state index in [1.54, 1.807) is 6.33 Å². The predicted octanol–water partition coefficient (Wildman–Crippen LogP) is 3.22. The van der Waals surface area contributed by atoms with Gasteiger partial charge in [-0.2, -0.15) is 0 Å². The van der Waals surface area contributed by atoms with Crippen molar-refractivity contribution in [3.05, 3.63) is 48.0 Å². The summed E-state index contributed by atoms with van der Waals surface area (Å²) in [5.74, 6) is 2.20. The van der Waals surface area contributed by atoms with Crippen LogP contribution in [0.2, 0.25) is 0 Å². The summed E-state index contributed by atoms with van der Waals surface area (Å²) >= 11 is 0. The zero-order valence-corrected chi connectivity index (χ0v) is 19.7. The average molecular weight is 446 g/mol. The van der Waals surface area contributed by atoms with Crippen molar-refractivity contribution in [2.75, 3.05) is 32.7 Å². The third-order valence-corrected chi connectivity index (χ3v) is 8.71. The topological polar surface area (TPSA) is 52.6 Å². The Morgan fingerprint density at radius 3 is 2.67 bits per heavy atom. The molecule has 33 heavy (non-hydrogen) atoms. The molecule has 1 aromatic heterocycles. The monoisotopic (exact) mass is 445 g/mol. The van der Waals surface area contributed by atoms with Crippen molar-refractivity contribution in [3.63, 3.8) is 0 Å². The second kappa shape index (κ2) is 8.80. The van der Waals surface area contributed by atoms with Gasteiger partial charge < -0.3 is 4.90 Å². The lowest BCUT2D eigenvalue weighted by Crippen LogP contribution is -2.58. The molecule has 4 atom stereocenters. The van der Waals surface area contributed by atoms with Crippen LogP contribution in [-0.4, -0.2) is 75.4 Å². The van der Waals surface area contributed by atoms with Crippen LogP contribution in [0.25, 0.3) is 11.1 Å². The Hall–Kier alpha value is -2.31. The van der Waals surface area contributed by atoms with E-state index in [0.717, 1.165) is 62.6 Å². The van der Waals surface area contributed by atoms with Crippen molar-refractivity contribution in [2.24, 2.45) is 11.8 Å². The summed E-state index contributed by atoms with van der Waals surface area (Å²) in [5.41, 5.74) is 4.94. The average Bonchev–Trinajstić information content (AvgIpc) is 3.48. The third kappa shape index (κ3) is 4.19. The standard InChI is InChI=1S/C27H35N5O/c1-19-15-31(8-9-32(19)26-11-20-2-3-23(26)10-20)27(33)17-30-7-6-22-12-21(4-5-24(22)16-30)25-13-28-18-29-14-25/h4-5,12-14,18-20,23,26H,2-3,6-11,15-17H2,1H3. The van der Waals surface area contributed by atoms with Crippen LogP contribution in [0.3, 0.4) is 0 Å². The molecule has 6 nitrogen and oxygen atoms in total. The van der Waals surface area contributed by atoms with Crippen LogP contribution in [0, 0.1) is 11.8 Å². The highest BCUT2D eigenvalue weighted by atomic mass is 16.2. The molecule has 2 aromatic rings. The van der Waals surface area contributed by atoms with Gasteiger partial charge in [-0.3, -0.25) is 14.6 Å². The SMILES string of the molecule is CC1CN(C(=O)CN2CCc3cc(-c4cncnc4)ccc3C2)CCN1C1CC2CCC1C2. The summed E-state index contributed by atoms with van der Waals surface area (Å²) in [7, 11) is 0. The molecular formula is C27H35N5O. The quantitative estimate of drug-likeness (QED) is 0.723. The highest BCUT2D eigenvalue weighted by molar-refractivity contribution is 5.78. The molecule has 174 valence electrons. The molecule has 6 heteroatoms. The van der Waals surface area contributed by atoms with Gasteiger partial charge in [0.2, 0.25) is 5.91 Å². The van der Waals surface area contributed by atoms with E-state index in [-0.39, 0.29) is 0 Å². The lowest BCUT2D eigenvalue weighted by molar-refractivity contribution is -0.136. The molecule has 1 saturated heterocycles. The normalized spacial score (nSPS) is 29.9. The van der Waals surface area contributed by atoms with Crippen LogP contribution >= 0.6 is 0 Å². The Labute approximate surface area is 197 Å². The van der Waals surface area contributed by atoms with E-state index in [4.69, 9.17) is 0 Å². The predicted molar refractivity (Wildman–Crippen MR) is 128 cm³/mol. The first-order valence-electron chi connectivity index (χ1n) is 12.8. The molecule has 2 saturated carbocycles. The zero-order chi connectivity index (χ0) is 22.4. The number of fused-ring (bicyclic) bond motifs is 3. The highest BCUT2D eigenvalue weighted by Gasteiger charge is 2.44. The van der Waals surface area contributed by atoms with Crippen LogP contribution in [0.4, 0.5) is 0 Å². The molecule has 1 aromatic carbocycles. The molecule has 1 amide bonds. The number of hydrogen-bond donors (Lipinski definition) is 0. The highest BCUT2D eigenvalue weighted by Crippen LogP contribution is 2.47. The van der Waals surface area contributed by atoms with E-state index in [9.17, 15) is 4.79 Å². The number of piperazine rings is 1. The van der Waals surface area contributed by atoms with Crippen molar-refractivity contribution in [1.82, 2.24) is 24.7 Å². The molecule has 6 rings (SSSR count). The summed E-state index contributed by atoms with van der Waals surface area (Å²) in [5, 5.41) is 0. The van der Waals surface area contributed by atoms with Crippen LogP contribution in [0.5, 0.6) is 0 Å². The number of nitrogens with zero attached hydrogens (tertiary/aromatic N) is 5. The maximum Gasteiger partial charge on any atom is 0.236 e. The number of aromatic nitrogens is 2. The van der Waals surface area contributed by atoms with Gasteiger partial charge in [0, 0.05) is 62.8 Å². The fourth-order valence-corrected chi connectivity index (χ4v) is 6.97. The summed E-state index contributed by atoms with van der Waals surface area (Å²) in [4.78, 5) is 28.6. The van der Waals surface area contributed by atoms with E-state index in [0.29, 0.717) is 18.5 Å². The largest absolute Gasteiger partial charge is 0.339 e. The second-order valence-electron chi connectivity index (χ2n) is 10.7. The maximum atomic E-state index is 13.2. The summed E-state index contributed by atoms with van der Waals surface area (Å²) < 4.78 is 0. The van der Waals surface area contributed by atoms with Gasteiger partial charge in [0.1, 0.15) is 6.33 Å². The van der Waals surface area contributed by atoms with Gasteiger partial charge >= 0.3 is 0 Å². The third-order valence-electron chi connectivity index (χ3n) is 8.71. The van der Waals surface area contributed by atoms with Crippen LogP contribution < -0.4 is 0 Å². The molecule has 0 spiro atoms. The minimum Gasteiger partial charge on any atom is -0.339 e. The molecule has 0 radical (unpaired) electrons. The molecule has 4 aliphatic rings. The van der Waals surface area contributed by atoms with E-state index in [2.05, 4.69) is 49.8 Å². The number of amides is 1. The van der Waals surface area contributed by atoms with E-state index >= 15 is 0 Å². The number of hydrogen-bond acceptors (Lipinski definition) is 5. The molecule has 2 aliphatic carbocycles. The number of rotatable bonds is 4. The number of carbonyl (C=O) groups excluding carboxylic acids is 1. The van der Waals surface area contributed by atoms with E-state index in [1.165, 1.54) is 42.4 Å². The van der Waals surface area contributed by atoms with Gasteiger partial charge in [-0.1, -0.05) is 24.6 Å². The molecule has 2 aliphatic heterocycles. The van der Waals surface area contributed by atoms with Crippen molar-refractivity contribution < 1.29 is 4.79 Å². The summed E-state index contributed by atoms with van der Waals surface area (Å²) in [6.45, 7) is 7.49. The van der Waals surface area contributed by atoms with Crippen LogP contribution in [0.1, 0.15) is 43.7 Å². The van der Waals surface area contributed by atoms with Gasteiger partial charge in [0.25, 0.3) is 0 Å². The minimum absolute atomic E-state index is 0.302. The Balaban J connectivity index is 1.04. The van der Waals surface area contributed by atoms with Crippen molar-refractivity contribution in [1.29, 1.82) is 0 Å². The minimum atomic E-state index is 0.302. The number of benzene rings is 1. The van der Waals surface area contributed by atoms with Gasteiger partial charge in [0.05, 0.1) is 6.54 Å². The van der Waals surface area contributed by atoms with Gasteiger partial charge in [0.15, 0.2) is 0 Å². The molecule has 4 unspecified atom stereocenters. The van der Waals surface area contributed by atoms with Gasteiger partial charge in [-0.05, 0) is 61.1 Å². The maximum absolute atomic E-state index is 13.2. The fourth-order valence-electron chi connectivity index (χ4n) is 6.97. The van der Waals surface area contributed by atoms with E-state index < -0.39 is 0 Å². The molecular weight excluding hydrogens is 410 g/mol. The Morgan fingerprint density at radius 2 is 1.91 bits per heavy atom. The van der Waals surface area contributed by atoms with Crippen LogP contribution in [-0.2, 0) is 17.8 Å². The molecule has 0 N–H and O–H groups in total. The second-order valence-corrected chi connectivity index (χ2v) is 10.7. The summed E-state index contributed by atoms with van der Waals surface area (Å²) in [6.07, 6.45) is 12.0. The Morgan fingerprint density at radius 1 is 1.03 bits per heavy atom. The van der Waals surface area contributed by atoms with Gasteiger partial charge in [-0.15, -0.1) is 0 Å². The Bertz CT molecular complexity index is 1010. The first kappa shape index (κ1) is 21.2. The van der Waals surface area contributed by atoms with Crippen molar-refractivity contribution in [3.8, 4) is 11.1 Å². The smallest absolute Gasteiger partial charge is 0.236 e. The number of carbonyl (C=O) groups is 1. The van der Waals surface area contributed by atoms with Gasteiger partial charge in [-0.25, -0.2) is 9.97 Å². The molecule has 3 fully saturated rings. The fraction of sp³-hybridized carbons (Fsp3) is 0.593. The van der Waals surface area contributed by atoms with Crippen molar-refractivity contribution in [2.45, 2.75) is 57.7 Å². The molecule has 3 heterocycles. The Kier molecular flexibility index (Phi) is 5.67. The van der Waals surface area contributed by atoms with Crippen molar-refractivity contribution >= 4 is 5.91 Å². The first-order valence-corrected chi connectivity index (χ1v) is 12.8. The first-order chi connectivity index (χ1) is 16.1. The van der Waals surface area contributed by atoms with E-state index in [1.807, 2.05) is 12.4 Å². The molecule has 2 bridgehead atoms. The lowest BCUT2D eigenvalue weighted by atomic mass is 9.92. The zero-order valence-electron chi connectivity index (χ0n) is 19.7. The van der Waals surface area contributed by atoms with Crippen LogP contribution in [0.15, 0.2) is 36.9 Å². The lowest BCUT2D eigenvalue weighted by Gasteiger charge is -2.45. The summed E-state index contributed by atoms with van der Waals surface area (Å²) in [6, 6.07) is 7.89.